The van der Waals surface area contributed by atoms with Crippen LogP contribution in [0.2, 0.25) is 0 Å². The van der Waals surface area contributed by atoms with Gasteiger partial charge in [-0.2, -0.15) is 0 Å². The molecule has 0 aliphatic rings. The van der Waals surface area contributed by atoms with Crippen LogP contribution < -0.4 is 0 Å². The Morgan fingerprint density at radius 1 is 1.40 bits per heavy atom. The van der Waals surface area contributed by atoms with Crippen LogP contribution in [0.5, 0.6) is 0 Å². The molecule has 0 aromatic carbocycles. The first-order valence-electron chi connectivity index (χ1n) is 6.33. The molecular formula is C14H17N3O2S. The highest BCUT2D eigenvalue weighted by atomic mass is 32.2. The van der Waals surface area contributed by atoms with E-state index in [-0.39, 0.29) is 5.75 Å². The number of nitrogens with zero attached hydrogens (tertiary/aromatic N) is 3. The summed E-state index contributed by atoms with van der Waals surface area (Å²) in [5.41, 5.74) is 3.02. The van der Waals surface area contributed by atoms with Crippen molar-refractivity contribution in [1.29, 1.82) is 0 Å². The van der Waals surface area contributed by atoms with E-state index in [2.05, 4.69) is 23.8 Å². The van der Waals surface area contributed by atoms with Gasteiger partial charge in [-0.25, -0.2) is 4.98 Å². The van der Waals surface area contributed by atoms with Gasteiger partial charge in [0.05, 0.1) is 23.8 Å². The number of aliphatic carboxylic acids is 1. The Morgan fingerprint density at radius 3 is 2.75 bits per heavy atom. The molecule has 0 saturated heterocycles. The summed E-state index contributed by atoms with van der Waals surface area (Å²) in [5.74, 6) is -0.562. The van der Waals surface area contributed by atoms with E-state index in [4.69, 9.17) is 5.11 Å². The Balaban J connectivity index is 2.46. The lowest BCUT2D eigenvalue weighted by molar-refractivity contribution is -0.133. The standard InChI is InChI=1S/C14H17N3O2S/c1-9(2)12-7-16-14(20-8-13(18)19)17(12)11-4-10(3)5-15-6-11/h4-7,9H,8H2,1-3H3,(H,18,19). The molecule has 5 nitrogen and oxygen atoms in total. The van der Waals surface area contributed by atoms with Crippen molar-refractivity contribution in [3.05, 3.63) is 35.9 Å². The largest absolute Gasteiger partial charge is 0.481 e. The Morgan fingerprint density at radius 2 is 2.15 bits per heavy atom. The van der Waals surface area contributed by atoms with Crippen molar-refractivity contribution in [3.8, 4) is 5.69 Å². The Kier molecular flexibility index (Phi) is 4.44. The number of carboxylic acid groups (broad SMARTS) is 1. The van der Waals surface area contributed by atoms with Gasteiger partial charge in [-0.05, 0) is 24.5 Å². The second-order valence-corrected chi connectivity index (χ2v) is 5.80. The number of carboxylic acids is 1. The fourth-order valence-corrected chi connectivity index (χ4v) is 2.62. The maximum atomic E-state index is 10.7. The highest BCUT2D eigenvalue weighted by Crippen LogP contribution is 2.27. The Labute approximate surface area is 122 Å². The fraction of sp³-hybridized carbons (Fsp3) is 0.357. The molecule has 2 aromatic rings. The van der Waals surface area contributed by atoms with Crippen molar-refractivity contribution in [2.45, 2.75) is 31.8 Å². The number of pyridine rings is 1. The molecule has 2 rings (SSSR count). The molecular weight excluding hydrogens is 274 g/mol. The second-order valence-electron chi connectivity index (χ2n) is 4.86. The molecule has 0 unspecified atom stereocenters. The lowest BCUT2D eigenvalue weighted by atomic mass is 10.1. The fourth-order valence-electron chi connectivity index (χ4n) is 1.90. The lowest BCUT2D eigenvalue weighted by Crippen LogP contribution is -2.06. The van der Waals surface area contributed by atoms with Crippen molar-refractivity contribution >= 4 is 17.7 Å². The molecule has 2 heterocycles. The first kappa shape index (κ1) is 14.6. The van der Waals surface area contributed by atoms with Crippen LogP contribution in [0, 0.1) is 6.92 Å². The molecule has 0 radical (unpaired) electrons. The summed E-state index contributed by atoms with van der Waals surface area (Å²) >= 11 is 1.22. The van der Waals surface area contributed by atoms with Crippen LogP contribution >= 0.6 is 11.8 Å². The predicted octanol–water partition coefficient (Wildman–Crippen LogP) is 2.88. The van der Waals surface area contributed by atoms with Crippen LogP contribution in [0.3, 0.4) is 0 Å². The number of aromatic nitrogens is 3. The Hall–Kier alpha value is -1.82. The topological polar surface area (TPSA) is 68.0 Å². The quantitative estimate of drug-likeness (QED) is 0.858. The van der Waals surface area contributed by atoms with Gasteiger partial charge in [0.1, 0.15) is 0 Å². The molecule has 0 aliphatic carbocycles. The van der Waals surface area contributed by atoms with E-state index in [1.54, 1.807) is 18.6 Å². The zero-order chi connectivity index (χ0) is 14.7. The van der Waals surface area contributed by atoms with Gasteiger partial charge < -0.3 is 5.11 Å². The van der Waals surface area contributed by atoms with Gasteiger partial charge in [-0.3, -0.25) is 14.3 Å². The first-order chi connectivity index (χ1) is 9.49. The van der Waals surface area contributed by atoms with Gasteiger partial charge in [0.15, 0.2) is 5.16 Å². The molecule has 0 fully saturated rings. The minimum atomic E-state index is -0.849. The monoisotopic (exact) mass is 291 g/mol. The van der Waals surface area contributed by atoms with Crippen LogP contribution in [-0.4, -0.2) is 31.4 Å². The SMILES string of the molecule is Cc1cncc(-n2c(C(C)C)cnc2SCC(=O)O)c1. The van der Waals surface area contributed by atoms with Crippen LogP contribution in [0.15, 0.2) is 29.8 Å². The van der Waals surface area contributed by atoms with Crippen LogP contribution in [-0.2, 0) is 4.79 Å². The minimum Gasteiger partial charge on any atom is -0.481 e. The smallest absolute Gasteiger partial charge is 0.313 e. The molecule has 0 amide bonds. The lowest BCUT2D eigenvalue weighted by Gasteiger charge is -2.13. The molecule has 2 aromatic heterocycles. The third kappa shape index (κ3) is 3.19. The van der Waals surface area contributed by atoms with Crippen molar-refractivity contribution in [3.63, 3.8) is 0 Å². The number of rotatable bonds is 5. The highest BCUT2D eigenvalue weighted by Gasteiger charge is 2.16. The summed E-state index contributed by atoms with van der Waals surface area (Å²) in [6.07, 6.45) is 5.36. The van der Waals surface area contributed by atoms with E-state index in [9.17, 15) is 4.79 Å². The molecule has 106 valence electrons. The molecule has 6 heteroatoms. The number of imidazole rings is 1. The molecule has 0 saturated carbocycles. The minimum absolute atomic E-state index is 0.00616. The van der Waals surface area contributed by atoms with Gasteiger partial charge in [0.25, 0.3) is 0 Å². The zero-order valence-corrected chi connectivity index (χ0v) is 12.5. The summed E-state index contributed by atoms with van der Waals surface area (Å²) in [5, 5.41) is 9.51. The third-order valence-corrected chi connectivity index (χ3v) is 3.73. The van der Waals surface area contributed by atoms with Gasteiger partial charge >= 0.3 is 5.97 Å². The first-order valence-corrected chi connectivity index (χ1v) is 7.32. The maximum Gasteiger partial charge on any atom is 0.313 e. The molecule has 20 heavy (non-hydrogen) atoms. The van der Waals surface area contributed by atoms with Crippen molar-refractivity contribution in [1.82, 2.24) is 14.5 Å². The van der Waals surface area contributed by atoms with E-state index < -0.39 is 5.97 Å². The van der Waals surface area contributed by atoms with Crippen LogP contribution in [0.4, 0.5) is 0 Å². The maximum absolute atomic E-state index is 10.7. The zero-order valence-electron chi connectivity index (χ0n) is 11.7. The number of hydrogen-bond acceptors (Lipinski definition) is 4. The average molecular weight is 291 g/mol. The molecule has 0 spiro atoms. The van der Waals surface area contributed by atoms with Gasteiger partial charge in [0.2, 0.25) is 0 Å². The summed E-state index contributed by atoms with van der Waals surface area (Å²) in [6, 6.07) is 2.02. The number of hydrogen-bond donors (Lipinski definition) is 1. The van der Waals surface area contributed by atoms with E-state index >= 15 is 0 Å². The number of carbonyl (C=O) groups is 1. The van der Waals surface area contributed by atoms with E-state index in [0.717, 1.165) is 16.9 Å². The van der Waals surface area contributed by atoms with Gasteiger partial charge in [0, 0.05) is 11.9 Å². The highest BCUT2D eigenvalue weighted by molar-refractivity contribution is 7.99. The summed E-state index contributed by atoms with van der Waals surface area (Å²) in [7, 11) is 0. The number of aryl methyl sites for hydroxylation is 1. The summed E-state index contributed by atoms with van der Waals surface area (Å²) in [4.78, 5) is 19.3. The molecule has 0 atom stereocenters. The van der Waals surface area contributed by atoms with E-state index in [0.29, 0.717) is 11.1 Å². The summed E-state index contributed by atoms with van der Waals surface area (Å²) < 4.78 is 1.98. The van der Waals surface area contributed by atoms with Crippen LogP contribution in [0.25, 0.3) is 5.69 Å². The van der Waals surface area contributed by atoms with Crippen molar-refractivity contribution in [2.24, 2.45) is 0 Å². The van der Waals surface area contributed by atoms with Crippen molar-refractivity contribution in [2.75, 3.05) is 5.75 Å². The van der Waals surface area contributed by atoms with Gasteiger partial charge in [-0.1, -0.05) is 25.6 Å². The third-order valence-electron chi connectivity index (χ3n) is 2.79. The average Bonchev–Trinajstić information content (AvgIpc) is 2.80. The van der Waals surface area contributed by atoms with Crippen molar-refractivity contribution < 1.29 is 9.90 Å². The van der Waals surface area contributed by atoms with E-state index in [1.807, 2.05) is 17.6 Å². The molecule has 0 aliphatic heterocycles. The van der Waals surface area contributed by atoms with E-state index in [1.165, 1.54) is 11.8 Å². The molecule has 0 bridgehead atoms. The van der Waals surface area contributed by atoms with Gasteiger partial charge in [-0.15, -0.1) is 0 Å². The second kappa shape index (κ2) is 6.09. The van der Waals surface area contributed by atoms with Crippen LogP contribution in [0.1, 0.15) is 31.0 Å². The normalized spacial score (nSPS) is 11.0. The Bertz CT molecular complexity index is 623. The predicted molar refractivity (Wildman–Crippen MR) is 78.5 cm³/mol. The molecule has 1 N–H and O–H groups in total. The summed E-state index contributed by atoms with van der Waals surface area (Å²) in [6.45, 7) is 6.15. The number of thioether (sulfide) groups is 1.